The largest absolute Gasteiger partial charge is 0.416 e. The van der Waals surface area contributed by atoms with Gasteiger partial charge in [-0.05, 0) is 44.1 Å². The van der Waals surface area contributed by atoms with Gasteiger partial charge < -0.3 is 20.8 Å². The molecule has 0 aromatic heterocycles. The highest BCUT2D eigenvalue weighted by Crippen LogP contribution is 2.36. The lowest BCUT2D eigenvalue weighted by Gasteiger charge is -2.36. The summed E-state index contributed by atoms with van der Waals surface area (Å²) in [5.41, 5.74) is 5.41. The van der Waals surface area contributed by atoms with Crippen molar-refractivity contribution >= 4 is 8.32 Å². The summed E-state index contributed by atoms with van der Waals surface area (Å²) in [6.07, 6.45) is 3.75. The topological polar surface area (TPSA) is 59.3 Å². The summed E-state index contributed by atoms with van der Waals surface area (Å²) in [6, 6.07) is 0. The van der Waals surface area contributed by atoms with Crippen molar-refractivity contribution in [3.05, 3.63) is 0 Å². The minimum Gasteiger partial charge on any atom is -0.416 e. The summed E-state index contributed by atoms with van der Waals surface area (Å²) in [4.78, 5) is 0. The molecule has 0 aliphatic carbocycles. The van der Waals surface area contributed by atoms with Gasteiger partial charge in [0.25, 0.3) is 0 Å². The minimum absolute atomic E-state index is 0.309. The van der Waals surface area contributed by atoms with E-state index in [1.807, 2.05) is 0 Å². The maximum Gasteiger partial charge on any atom is 0.192 e. The quantitative estimate of drug-likeness (QED) is 0.382. The zero-order valence-corrected chi connectivity index (χ0v) is 15.3. The van der Waals surface area contributed by atoms with Crippen molar-refractivity contribution in [3.63, 3.8) is 0 Å². The van der Waals surface area contributed by atoms with Gasteiger partial charge in [-0.1, -0.05) is 27.2 Å². The Balaban J connectivity index is 3.33. The zero-order chi connectivity index (χ0) is 15.5. The van der Waals surface area contributed by atoms with Gasteiger partial charge in [0.1, 0.15) is 0 Å². The molecule has 0 spiro atoms. The molecule has 0 aromatic carbocycles. The molecular weight excluding hydrogens is 266 g/mol. The van der Waals surface area contributed by atoms with E-state index in [9.17, 15) is 0 Å². The Morgan fingerprint density at radius 3 is 1.95 bits per heavy atom. The molecule has 0 aromatic rings. The highest BCUT2D eigenvalue weighted by atomic mass is 28.4. The van der Waals surface area contributed by atoms with Gasteiger partial charge in [0.2, 0.25) is 0 Å². The number of hydrogen-bond donors (Lipinski definition) is 3. The number of nitrogens with one attached hydrogen (secondary N) is 2. The first-order valence-corrected chi connectivity index (χ1v) is 11.0. The summed E-state index contributed by atoms with van der Waals surface area (Å²) in [6.45, 7) is 17.1. The van der Waals surface area contributed by atoms with Crippen LogP contribution >= 0.6 is 0 Å². The molecule has 0 radical (unpaired) electrons. The van der Waals surface area contributed by atoms with Gasteiger partial charge in [0.15, 0.2) is 8.32 Å². The molecule has 0 atom stereocenters. The summed E-state index contributed by atoms with van der Waals surface area (Å²) < 4.78 is 6.12. The Morgan fingerprint density at radius 1 is 0.900 bits per heavy atom. The first-order valence-electron chi connectivity index (χ1n) is 8.07. The van der Waals surface area contributed by atoms with Crippen LogP contribution in [0.5, 0.6) is 0 Å². The summed E-state index contributed by atoms with van der Waals surface area (Å²) in [7, 11) is -1.56. The predicted molar refractivity (Wildman–Crippen MR) is 91.8 cm³/mol. The molecule has 4 N–H and O–H groups in total. The molecule has 0 heterocycles. The van der Waals surface area contributed by atoms with Gasteiger partial charge in [-0.25, -0.2) is 0 Å². The minimum atomic E-state index is -1.56. The smallest absolute Gasteiger partial charge is 0.192 e. The van der Waals surface area contributed by atoms with Crippen molar-refractivity contribution in [2.24, 2.45) is 5.73 Å². The second kappa shape index (κ2) is 10.7. The molecule has 0 saturated heterocycles. The SMILES string of the molecule is CC(C)(C)[Si](C)(C)OCCNCCCCCNCCN. The van der Waals surface area contributed by atoms with Crippen LogP contribution in [0.25, 0.3) is 0 Å². The monoisotopic (exact) mass is 303 g/mol. The maximum atomic E-state index is 6.12. The van der Waals surface area contributed by atoms with Gasteiger partial charge >= 0.3 is 0 Å². The fraction of sp³-hybridized carbons (Fsp3) is 1.00. The molecule has 0 aliphatic heterocycles. The number of hydrogen-bond acceptors (Lipinski definition) is 4. The molecule has 0 aliphatic rings. The molecular formula is C15H37N3OSi. The molecule has 20 heavy (non-hydrogen) atoms. The number of nitrogens with two attached hydrogens (primary N) is 1. The standard InChI is InChI=1S/C15H37N3OSi/c1-15(2,3)20(4,5)19-14-13-18-11-8-6-7-10-17-12-9-16/h17-18H,6-14,16H2,1-5H3. The van der Waals surface area contributed by atoms with E-state index in [-0.39, 0.29) is 0 Å². The van der Waals surface area contributed by atoms with Crippen LogP contribution in [0.4, 0.5) is 0 Å². The molecule has 0 saturated carbocycles. The van der Waals surface area contributed by atoms with Crippen LogP contribution in [0.1, 0.15) is 40.0 Å². The van der Waals surface area contributed by atoms with Crippen LogP contribution in [0, 0.1) is 0 Å². The van der Waals surface area contributed by atoms with Crippen molar-refractivity contribution in [1.82, 2.24) is 10.6 Å². The van der Waals surface area contributed by atoms with E-state index >= 15 is 0 Å². The average molecular weight is 304 g/mol. The fourth-order valence-electron chi connectivity index (χ4n) is 1.62. The molecule has 0 bridgehead atoms. The Bertz CT molecular complexity index is 230. The van der Waals surface area contributed by atoms with E-state index < -0.39 is 8.32 Å². The van der Waals surface area contributed by atoms with Gasteiger partial charge in [-0.15, -0.1) is 0 Å². The molecule has 0 rings (SSSR count). The molecule has 122 valence electrons. The predicted octanol–water partition coefficient (Wildman–Crippen LogP) is 2.32. The van der Waals surface area contributed by atoms with E-state index in [2.05, 4.69) is 44.5 Å². The van der Waals surface area contributed by atoms with Crippen molar-refractivity contribution < 1.29 is 4.43 Å². The van der Waals surface area contributed by atoms with E-state index in [1.54, 1.807) is 0 Å². The third-order valence-electron chi connectivity index (χ3n) is 4.08. The third-order valence-corrected chi connectivity index (χ3v) is 8.61. The fourth-order valence-corrected chi connectivity index (χ4v) is 2.67. The number of rotatable bonds is 12. The highest BCUT2D eigenvalue weighted by Gasteiger charge is 2.36. The Kier molecular flexibility index (Phi) is 10.8. The molecule has 0 fully saturated rings. The second-order valence-corrected chi connectivity index (χ2v) is 11.8. The summed E-state index contributed by atoms with van der Waals surface area (Å²) in [5, 5.41) is 7.09. The molecule has 0 amide bonds. The highest BCUT2D eigenvalue weighted by molar-refractivity contribution is 6.74. The van der Waals surface area contributed by atoms with Crippen LogP contribution in [-0.2, 0) is 4.43 Å². The van der Waals surface area contributed by atoms with Crippen molar-refractivity contribution in [1.29, 1.82) is 0 Å². The van der Waals surface area contributed by atoms with E-state index in [1.165, 1.54) is 19.3 Å². The average Bonchev–Trinajstić information content (AvgIpc) is 2.34. The maximum absolute atomic E-state index is 6.12. The second-order valence-electron chi connectivity index (χ2n) is 6.96. The first kappa shape index (κ1) is 20.1. The third kappa shape index (κ3) is 9.88. The normalized spacial score (nSPS) is 12.9. The van der Waals surface area contributed by atoms with Crippen molar-refractivity contribution in [2.75, 3.05) is 39.3 Å². The van der Waals surface area contributed by atoms with Gasteiger partial charge in [0, 0.05) is 26.2 Å². The Hall–Kier alpha value is 0.0569. The molecule has 0 unspecified atom stereocenters. The van der Waals surface area contributed by atoms with Gasteiger partial charge in [-0.3, -0.25) is 0 Å². The van der Waals surface area contributed by atoms with Crippen LogP contribution in [0.3, 0.4) is 0 Å². The zero-order valence-electron chi connectivity index (χ0n) is 14.3. The summed E-state index contributed by atoms with van der Waals surface area (Å²) >= 11 is 0. The summed E-state index contributed by atoms with van der Waals surface area (Å²) in [5.74, 6) is 0. The van der Waals surface area contributed by atoms with E-state index in [4.69, 9.17) is 10.2 Å². The van der Waals surface area contributed by atoms with Crippen LogP contribution in [0.15, 0.2) is 0 Å². The lowest BCUT2D eigenvalue weighted by molar-refractivity contribution is 0.285. The molecule has 4 nitrogen and oxygen atoms in total. The van der Waals surface area contributed by atoms with Crippen molar-refractivity contribution in [2.45, 2.75) is 58.2 Å². The van der Waals surface area contributed by atoms with Crippen LogP contribution in [-0.4, -0.2) is 47.6 Å². The Morgan fingerprint density at radius 2 is 1.45 bits per heavy atom. The lowest BCUT2D eigenvalue weighted by Crippen LogP contribution is -2.42. The molecule has 5 heteroatoms. The van der Waals surface area contributed by atoms with Gasteiger partial charge in [-0.2, -0.15) is 0 Å². The van der Waals surface area contributed by atoms with Crippen LogP contribution < -0.4 is 16.4 Å². The van der Waals surface area contributed by atoms with E-state index in [0.717, 1.165) is 39.3 Å². The first-order chi connectivity index (χ1) is 9.31. The van der Waals surface area contributed by atoms with E-state index in [0.29, 0.717) is 5.04 Å². The van der Waals surface area contributed by atoms with Crippen molar-refractivity contribution in [3.8, 4) is 0 Å². The Labute approximate surface area is 127 Å². The number of unbranched alkanes of at least 4 members (excludes halogenated alkanes) is 2. The van der Waals surface area contributed by atoms with Crippen LogP contribution in [0.2, 0.25) is 18.1 Å². The van der Waals surface area contributed by atoms with Gasteiger partial charge in [0.05, 0.1) is 0 Å². The lowest BCUT2D eigenvalue weighted by atomic mass is 10.2.